The van der Waals surface area contributed by atoms with E-state index in [9.17, 15) is 14.4 Å². The minimum atomic E-state index is -1.05. The maximum Gasteiger partial charge on any atom is 0.335 e. The number of carbonyl (C=O) groups excluding carboxylic acids is 2. The molecule has 1 aromatic rings. The number of hydrogen-bond donors (Lipinski definition) is 1. The number of carbonyl (C=O) groups is 3. The van der Waals surface area contributed by atoms with Crippen LogP contribution in [0.15, 0.2) is 18.2 Å². The maximum atomic E-state index is 12.4. The summed E-state index contributed by atoms with van der Waals surface area (Å²) in [7, 11) is 0. The van der Waals surface area contributed by atoms with Crippen LogP contribution >= 0.6 is 0 Å². The van der Waals surface area contributed by atoms with Crippen molar-refractivity contribution >= 4 is 17.8 Å². The Labute approximate surface area is 123 Å². The summed E-state index contributed by atoms with van der Waals surface area (Å²) in [5.41, 5.74) is 1.23. The van der Waals surface area contributed by atoms with Crippen molar-refractivity contribution in [2.24, 2.45) is 0 Å². The summed E-state index contributed by atoms with van der Waals surface area (Å²) < 4.78 is 0. The van der Waals surface area contributed by atoms with Gasteiger partial charge in [-0.15, -0.1) is 0 Å². The number of nitrogens with zero attached hydrogens (tertiary/aromatic N) is 2. The largest absolute Gasteiger partial charge is 0.478 e. The number of aryl methyl sites for hydroxylation is 1. The van der Waals surface area contributed by atoms with Crippen LogP contribution < -0.4 is 0 Å². The van der Waals surface area contributed by atoms with Gasteiger partial charge in [0.25, 0.3) is 5.91 Å². The molecule has 2 rings (SSSR count). The standard InChI is InChI=1S/C15H18N2O4/c1-10-7-12(9-13(8-10)15(20)21)14(19)17-5-3-16(4-6-17)11(2)18/h7-9H,3-6H2,1-2H3,(H,20,21). The molecule has 1 heterocycles. The molecule has 0 aromatic heterocycles. The summed E-state index contributed by atoms with van der Waals surface area (Å²) in [5, 5.41) is 9.05. The summed E-state index contributed by atoms with van der Waals surface area (Å²) in [5.74, 6) is -1.23. The molecule has 1 aliphatic rings. The average molecular weight is 290 g/mol. The molecular weight excluding hydrogens is 272 g/mol. The molecule has 1 N–H and O–H groups in total. The van der Waals surface area contributed by atoms with Crippen LogP contribution in [-0.2, 0) is 4.79 Å². The van der Waals surface area contributed by atoms with E-state index < -0.39 is 5.97 Å². The van der Waals surface area contributed by atoms with Crippen LogP contribution in [0.4, 0.5) is 0 Å². The van der Waals surface area contributed by atoms with E-state index in [1.807, 2.05) is 0 Å². The Morgan fingerprint density at radius 3 is 2.00 bits per heavy atom. The van der Waals surface area contributed by atoms with Crippen LogP contribution in [0.25, 0.3) is 0 Å². The van der Waals surface area contributed by atoms with Crippen molar-refractivity contribution < 1.29 is 19.5 Å². The molecule has 0 saturated carbocycles. The second-order valence-electron chi connectivity index (χ2n) is 5.19. The number of hydrogen-bond acceptors (Lipinski definition) is 3. The molecule has 0 bridgehead atoms. The topological polar surface area (TPSA) is 77.9 Å². The summed E-state index contributed by atoms with van der Waals surface area (Å²) in [4.78, 5) is 38.1. The van der Waals surface area contributed by atoms with Crippen LogP contribution in [-0.4, -0.2) is 58.9 Å². The normalized spacial score (nSPS) is 15.0. The van der Waals surface area contributed by atoms with E-state index in [0.717, 1.165) is 5.56 Å². The lowest BCUT2D eigenvalue weighted by Crippen LogP contribution is -2.50. The van der Waals surface area contributed by atoms with Gasteiger partial charge < -0.3 is 14.9 Å². The van der Waals surface area contributed by atoms with Gasteiger partial charge in [0.15, 0.2) is 0 Å². The minimum Gasteiger partial charge on any atom is -0.478 e. The highest BCUT2D eigenvalue weighted by Gasteiger charge is 2.23. The van der Waals surface area contributed by atoms with Gasteiger partial charge in [0, 0.05) is 38.7 Å². The molecular formula is C15H18N2O4. The van der Waals surface area contributed by atoms with E-state index in [0.29, 0.717) is 31.7 Å². The highest BCUT2D eigenvalue weighted by atomic mass is 16.4. The Kier molecular flexibility index (Phi) is 4.26. The van der Waals surface area contributed by atoms with E-state index in [4.69, 9.17) is 5.11 Å². The van der Waals surface area contributed by atoms with Crippen molar-refractivity contribution in [1.29, 1.82) is 0 Å². The summed E-state index contributed by atoms with van der Waals surface area (Å²) >= 11 is 0. The molecule has 6 heteroatoms. The molecule has 6 nitrogen and oxygen atoms in total. The Balaban J connectivity index is 2.14. The predicted octanol–water partition coefficient (Wildman–Crippen LogP) is 0.998. The first-order chi connectivity index (χ1) is 9.88. The lowest BCUT2D eigenvalue weighted by molar-refractivity contribution is -0.130. The molecule has 1 aromatic carbocycles. The molecule has 1 fully saturated rings. The van der Waals surface area contributed by atoms with Gasteiger partial charge in [0.2, 0.25) is 5.91 Å². The molecule has 2 amide bonds. The molecule has 0 radical (unpaired) electrons. The third-order valence-corrected chi connectivity index (χ3v) is 3.58. The zero-order valence-corrected chi connectivity index (χ0v) is 12.1. The number of carboxylic acids is 1. The molecule has 0 atom stereocenters. The Bertz CT molecular complexity index is 589. The van der Waals surface area contributed by atoms with Gasteiger partial charge >= 0.3 is 5.97 Å². The SMILES string of the molecule is CC(=O)N1CCN(C(=O)c2cc(C)cc(C(=O)O)c2)CC1. The van der Waals surface area contributed by atoms with Crippen LogP contribution in [0.2, 0.25) is 0 Å². The summed E-state index contributed by atoms with van der Waals surface area (Å²) in [6, 6.07) is 4.62. The van der Waals surface area contributed by atoms with Crippen LogP contribution in [0.5, 0.6) is 0 Å². The number of rotatable bonds is 2. The van der Waals surface area contributed by atoms with Crippen molar-refractivity contribution in [2.45, 2.75) is 13.8 Å². The first-order valence-electron chi connectivity index (χ1n) is 6.78. The molecule has 1 saturated heterocycles. The molecule has 0 unspecified atom stereocenters. The van der Waals surface area contributed by atoms with Crippen LogP contribution in [0, 0.1) is 6.92 Å². The number of benzene rings is 1. The van der Waals surface area contributed by atoms with Gasteiger partial charge in [-0.1, -0.05) is 0 Å². The number of piperazine rings is 1. The fourth-order valence-corrected chi connectivity index (χ4v) is 2.44. The van der Waals surface area contributed by atoms with Crippen molar-refractivity contribution in [3.05, 3.63) is 34.9 Å². The predicted molar refractivity (Wildman–Crippen MR) is 76.3 cm³/mol. The highest BCUT2D eigenvalue weighted by Crippen LogP contribution is 2.14. The minimum absolute atomic E-state index is 0.00539. The van der Waals surface area contributed by atoms with Crippen LogP contribution in [0.3, 0.4) is 0 Å². The first-order valence-corrected chi connectivity index (χ1v) is 6.78. The Hall–Kier alpha value is -2.37. The van der Waals surface area contributed by atoms with E-state index in [1.165, 1.54) is 19.1 Å². The third-order valence-electron chi connectivity index (χ3n) is 3.58. The van der Waals surface area contributed by atoms with E-state index in [2.05, 4.69) is 0 Å². The first kappa shape index (κ1) is 15.0. The lowest BCUT2D eigenvalue weighted by atomic mass is 10.1. The van der Waals surface area contributed by atoms with Gasteiger partial charge in [0.05, 0.1) is 5.56 Å². The molecule has 21 heavy (non-hydrogen) atoms. The third kappa shape index (κ3) is 3.39. The van der Waals surface area contributed by atoms with Crippen LogP contribution in [0.1, 0.15) is 33.2 Å². The monoisotopic (exact) mass is 290 g/mol. The molecule has 1 aliphatic heterocycles. The van der Waals surface area contributed by atoms with Gasteiger partial charge in [-0.3, -0.25) is 9.59 Å². The number of amides is 2. The molecule has 0 spiro atoms. The second kappa shape index (κ2) is 5.95. The second-order valence-corrected chi connectivity index (χ2v) is 5.19. The van der Waals surface area contributed by atoms with Gasteiger partial charge in [0.1, 0.15) is 0 Å². The lowest BCUT2D eigenvalue weighted by Gasteiger charge is -2.34. The van der Waals surface area contributed by atoms with Crippen molar-refractivity contribution in [1.82, 2.24) is 9.80 Å². The molecule has 0 aliphatic carbocycles. The van der Waals surface area contributed by atoms with Gasteiger partial charge in [-0.25, -0.2) is 4.79 Å². The van der Waals surface area contributed by atoms with Crippen molar-refractivity contribution in [2.75, 3.05) is 26.2 Å². The van der Waals surface area contributed by atoms with Crippen molar-refractivity contribution in [3.63, 3.8) is 0 Å². The zero-order valence-electron chi connectivity index (χ0n) is 12.1. The maximum absolute atomic E-state index is 12.4. The quantitative estimate of drug-likeness (QED) is 0.881. The van der Waals surface area contributed by atoms with Gasteiger partial charge in [-0.2, -0.15) is 0 Å². The van der Waals surface area contributed by atoms with Crippen molar-refractivity contribution in [3.8, 4) is 0 Å². The Morgan fingerprint density at radius 1 is 0.952 bits per heavy atom. The summed E-state index contributed by atoms with van der Waals surface area (Å²) in [6.07, 6.45) is 0. The fraction of sp³-hybridized carbons (Fsp3) is 0.400. The zero-order chi connectivity index (χ0) is 15.6. The number of carboxylic acid groups (broad SMARTS) is 1. The number of aromatic carboxylic acids is 1. The average Bonchev–Trinajstić information content (AvgIpc) is 2.45. The molecule has 112 valence electrons. The van der Waals surface area contributed by atoms with E-state index in [-0.39, 0.29) is 17.4 Å². The van der Waals surface area contributed by atoms with E-state index in [1.54, 1.807) is 22.8 Å². The Morgan fingerprint density at radius 2 is 1.48 bits per heavy atom. The highest BCUT2D eigenvalue weighted by molar-refractivity contribution is 5.98. The van der Waals surface area contributed by atoms with Gasteiger partial charge in [-0.05, 0) is 30.7 Å². The smallest absolute Gasteiger partial charge is 0.335 e. The fourth-order valence-electron chi connectivity index (χ4n) is 2.44. The van der Waals surface area contributed by atoms with E-state index >= 15 is 0 Å². The summed E-state index contributed by atoms with van der Waals surface area (Å²) in [6.45, 7) is 5.23.